The van der Waals surface area contributed by atoms with Crippen LogP contribution in [-0.4, -0.2) is 35.1 Å². The molecule has 98 valence electrons. The zero-order valence-electron chi connectivity index (χ0n) is 9.90. The van der Waals surface area contributed by atoms with Crippen molar-refractivity contribution in [3.8, 4) is 0 Å². The molecule has 0 radical (unpaired) electrons. The fourth-order valence-corrected chi connectivity index (χ4v) is 2.05. The van der Waals surface area contributed by atoms with Crippen molar-refractivity contribution in [2.24, 2.45) is 0 Å². The number of halogens is 2. The molecule has 0 atom stereocenters. The maximum Gasteiger partial charge on any atom is 0.254 e. The quantitative estimate of drug-likeness (QED) is 0.893. The van der Waals surface area contributed by atoms with Gasteiger partial charge in [-0.15, -0.1) is 0 Å². The molecule has 0 spiro atoms. The van der Waals surface area contributed by atoms with Crippen LogP contribution in [0.15, 0.2) is 18.2 Å². The van der Waals surface area contributed by atoms with Gasteiger partial charge in [0.2, 0.25) is 0 Å². The first kappa shape index (κ1) is 13.0. The SMILES string of the molecule is O=C(c1ccc(F)c(F)c1)N(CCO)C1CCC1. The summed E-state index contributed by atoms with van der Waals surface area (Å²) < 4.78 is 25.9. The summed E-state index contributed by atoms with van der Waals surface area (Å²) in [4.78, 5) is 13.7. The van der Waals surface area contributed by atoms with Gasteiger partial charge >= 0.3 is 0 Å². The van der Waals surface area contributed by atoms with Crippen molar-refractivity contribution in [2.75, 3.05) is 13.2 Å². The van der Waals surface area contributed by atoms with Crippen molar-refractivity contribution in [3.05, 3.63) is 35.4 Å². The Bertz CT molecular complexity index is 447. The minimum Gasteiger partial charge on any atom is -0.395 e. The number of carbonyl (C=O) groups excluding carboxylic acids is 1. The standard InChI is InChI=1S/C13H15F2NO2/c14-11-5-4-9(8-12(11)15)13(18)16(6-7-17)10-2-1-3-10/h4-5,8,10,17H,1-3,6-7H2. The summed E-state index contributed by atoms with van der Waals surface area (Å²) in [7, 11) is 0. The summed E-state index contributed by atoms with van der Waals surface area (Å²) in [6, 6.07) is 3.23. The highest BCUT2D eigenvalue weighted by molar-refractivity contribution is 5.94. The molecular weight excluding hydrogens is 240 g/mol. The first-order valence-corrected chi connectivity index (χ1v) is 6.00. The number of hydrogen-bond acceptors (Lipinski definition) is 2. The van der Waals surface area contributed by atoms with Gasteiger partial charge in [-0.1, -0.05) is 0 Å². The molecule has 18 heavy (non-hydrogen) atoms. The smallest absolute Gasteiger partial charge is 0.254 e. The molecule has 1 saturated carbocycles. The zero-order chi connectivity index (χ0) is 13.1. The van der Waals surface area contributed by atoms with Gasteiger partial charge in [0.1, 0.15) is 0 Å². The summed E-state index contributed by atoms with van der Waals surface area (Å²) in [6.07, 6.45) is 2.85. The molecule has 1 aliphatic carbocycles. The van der Waals surface area contributed by atoms with Crippen LogP contribution in [0.5, 0.6) is 0 Å². The van der Waals surface area contributed by atoms with Gasteiger partial charge in [0.15, 0.2) is 11.6 Å². The second kappa shape index (κ2) is 5.44. The van der Waals surface area contributed by atoms with Gasteiger partial charge in [0, 0.05) is 18.2 Å². The second-order valence-electron chi connectivity index (χ2n) is 4.44. The summed E-state index contributed by atoms with van der Waals surface area (Å²) in [5.41, 5.74) is 0.120. The fraction of sp³-hybridized carbons (Fsp3) is 0.462. The number of rotatable bonds is 4. The van der Waals surface area contributed by atoms with Gasteiger partial charge in [-0.25, -0.2) is 8.78 Å². The van der Waals surface area contributed by atoms with E-state index < -0.39 is 11.6 Å². The summed E-state index contributed by atoms with van der Waals surface area (Å²) >= 11 is 0. The Hall–Kier alpha value is -1.49. The molecule has 0 bridgehead atoms. The Morgan fingerprint density at radius 2 is 2.06 bits per heavy atom. The zero-order valence-corrected chi connectivity index (χ0v) is 9.90. The van der Waals surface area contributed by atoms with Crippen LogP contribution in [0.25, 0.3) is 0 Å². The molecule has 3 nitrogen and oxygen atoms in total. The first-order valence-electron chi connectivity index (χ1n) is 6.00. The number of aliphatic hydroxyl groups excluding tert-OH is 1. The molecular formula is C13H15F2NO2. The molecule has 1 aromatic rings. The lowest BCUT2D eigenvalue weighted by atomic mass is 9.91. The number of amides is 1. The third-order valence-corrected chi connectivity index (χ3v) is 3.28. The van der Waals surface area contributed by atoms with E-state index >= 15 is 0 Å². The predicted molar refractivity (Wildman–Crippen MR) is 62.1 cm³/mol. The molecule has 1 fully saturated rings. The Labute approximate surface area is 104 Å². The van der Waals surface area contributed by atoms with Gasteiger partial charge < -0.3 is 10.0 Å². The highest BCUT2D eigenvalue weighted by Gasteiger charge is 2.29. The maximum atomic E-state index is 13.1. The highest BCUT2D eigenvalue weighted by atomic mass is 19.2. The summed E-state index contributed by atoms with van der Waals surface area (Å²) in [5.74, 6) is -2.35. The molecule has 0 heterocycles. The summed E-state index contributed by atoms with van der Waals surface area (Å²) in [5, 5.41) is 8.97. The van der Waals surface area contributed by atoms with E-state index in [1.165, 1.54) is 11.0 Å². The van der Waals surface area contributed by atoms with Crippen LogP contribution in [0.3, 0.4) is 0 Å². The lowest BCUT2D eigenvalue weighted by Crippen LogP contribution is -2.45. The van der Waals surface area contributed by atoms with Crippen LogP contribution in [-0.2, 0) is 0 Å². The lowest BCUT2D eigenvalue weighted by molar-refractivity contribution is 0.0525. The number of nitrogens with zero attached hydrogens (tertiary/aromatic N) is 1. The Balaban J connectivity index is 2.18. The lowest BCUT2D eigenvalue weighted by Gasteiger charge is -2.37. The highest BCUT2D eigenvalue weighted by Crippen LogP contribution is 2.26. The van der Waals surface area contributed by atoms with E-state index in [0.717, 1.165) is 31.4 Å². The van der Waals surface area contributed by atoms with E-state index in [1.807, 2.05) is 0 Å². The van der Waals surface area contributed by atoms with E-state index in [9.17, 15) is 13.6 Å². The Kier molecular flexibility index (Phi) is 3.91. The van der Waals surface area contributed by atoms with Crippen LogP contribution >= 0.6 is 0 Å². The topological polar surface area (TPSA) is 40.5 Å². The predicted octanol–water partition coefficient (Wildman–Crippen LogP) is 1.95. The largest absolute Gasteiger partial charge is 0.395 e. The normalized spacial score (nSPS) is 15.3. The molecule has 1 aromatic carbocycles. The number of hydrogen-bond donors (Lipinski definition) is 1. The van der Waals surface area contributed by atoms with Gasteiger partial charge in [-0.2, -0.15) is 0 Å². The van der Waals surface area contributed by atoms with Crippen molar-refractivity contribution < 1.29 is 18.7 Å². The minimum absolute atomic E-state index is 0.109. The maximum absolute atomic E-state index is 13.1. The monoisotopic (exact) mass is 255 g/mol. The number of aliphatic hydroxyl groups is 1. The molecule has 0 saturated heterocycles. The van der Waals surface area contributed by atoms with Crippen molar-refractivity contribution in [2.45, 2.75) is 25.3 Å². The molecule has 5 heteroatoms. The summed E-state index contributed by atoms with van der Waals surface area (Å²) in [6.45, 7) is 0.0917. The minimum atomic E-state index is -1.03. The van der Waals surface area contributed by atoms with Gasteiger partial charge in [0.05, 0.1) is 6.61 Å². The van der Waals surface area contributed by atoms with Crippen LogP contribution in [0.4, 0.5) is 8.78 Å². The van der Waals surface area contributed by atoms with Crippen LogP contribution in [0, 0.1) is 11.6 Å². The average Bonchev–Trinajstić information content (AvgIpc) is 2.29. The van der Waals surface area contributed by atoms with Crippen molar-refractivity contribution in [3.63, 3.8) is 0 Å². The third kappa shape index (κ3) is 2.51. The van der Waals surface area contributed by atoms with Crippen molar-refractivity contribution in [1.82, 2.24) is 4.90 Å². The van der Waals surface area contributed by atoms with Crippen molar-refractivity contribution >= 4 is 5.91 Å². The molecule has 1 aliphatic rings. The van der Waals surface area contributed by atoms with E-state index in [-0.39, 0.29) is 30.7 Å². The number of benzene rings is 1. The Morgan fingerprint density at radius 1 is 1.33 bits per heavy atom. The van der Waals surface area contributed by atoms with Crippen LogP contribution in [0.2, 0.25) is 0 Å². The fourth-order valence-electron chi connectivity index (χ4n) is 2.05. The van der Waals surface area contributed by atoms with Crippen LogP contribution in [0.1, 0.15) is 29.6 Å². The second-order valence-corrected chi connectivity index (χ2v) is 4.44. The molecule has 2 rings (SSSR count). The average molecular weight is 255 g/mol. The van der Waals surface area contributed by atoms with E-state index in [1.54, 1.807) is 0 Å². The molecule has 1 amide bonds. The first-order chi connectivity index (χ1) is 8.63. The van der Waals surface area contributed by atoms with E-state index in [4.69, 9.17) is 5.11 Å². The molecule has 0 aromatic heterocycles. The molecule has 0 aliphatic heterocycles. The molecule has 0 unspecified atom stereocenters. The van der Waals surface area contributed by atoms with Crippen molar-refractivity contribution in [1.29, 1.82) is 0 Å². The van der Waals surface area contributed by atoms with Gasteiger partial charge in [-0.05, 0) is 37.5 Å². The third-order valence-electron chi connectivity index (χ3n) is 3.28. The van der Waals surface area contributed by atoms with Gasteiger partial charge in [0.25, 0.3) is 5.91 Å². The van der Waals surface area contributed by atoms with Gasteiger partial charge in [-0.3, -0.25) is 4.79 Å². The van der Waals surface area contributed by atoms with Crippen LogP contribution < -0.4 is 0 Å². The van der Waals surface area contributed by atoms with E-state index in [0.29, 0.717) is 0 Å². The Morgan fingerprint density at radius 3 is 2.56 bits per heavy atom. The molecule has 1 N–H and O–H groups in total. The van der Waals surface area contributed by atoms with E-state index in [2.05, 4.69) is 0 Å². The number of carbonyl (C=O) groups is 1.